The molecule has 1 saturated heterocycles. The number of amides is 3. The standard InChI is InChI=1S/C30H29N3O7S/c34-26(29(37)38)23(16-20-10-4-1-5-11-20)31-27(35)24-18-41-19-33(24)28(36)25(22-14-8-3-9-15-22)32-30(39)40-17-21-12-6-2-7-13-21/h1-15,23-25H,16-19H2,(H,31,35)(H,32,39)(H,37,38)/t23-,24-,25-/m0/s1. The zero-order valence-corrected chi connectivity index (χ0v) is 22.8. The van der Waals surface area contributed by atoms with Gasteiger partial charge >= 0.3 is 12.1 Å². The molecule has 0 radical (unpaired) electrons. The maximum Gasteiger partial charge on any atom is 0.408 e. The van der Waals surface area contributed by atoms with Crippen molar-refractivity contribution in [1.82, 2.24) is 15.5 Å². The molecule has 212 valence electrons. The van der Waals surface area contributed by atoms with Crippen LogP contribution >= 0.6 is 11.8 Å². The van der Waals surface area contributed by atoms with Crippen molar-refractivity contribution in [3.05, 3.63) is 108 Å². The first-order chi connectivity index (χ1) is 19.8. The summed E-state index contributed by atoms with van der Waals surface area (Å²) in [5, 5.41) is 14.5. The third kappa shape index (κ3) is 7.95. The second-order valence-electron chi connectivity index (χ2n) is 9.29. The summed E-state index contributed by atoms with van der Waals surface area (Å²) in [4.78, 5) is 65.1. The minimum absolute atomic E-state index is 0.00732. The Kier molecular flexibility index (Phi) is 10.1. The number of aliphatic carboxylic acids is 1. The number of hydrogen-bond acceptors (Lipinski definition) is 7. The summed E-state index contributed by atoms with van der Waals surface area (Å²) in [7, 11) is 0. The molecule has 3 atom stereocenters. The number of thioether (sulfide) groups is 1. The predicted molar refractivity (Wildman–Crippen MR) is 152 cm³/mol. The number of ether oxygens (including phenoxy) is 1. The molecule has 3 N–H and O–H groups in total. The van der Waals surface area contributed by atoms with E-state index in [9.17, 15) is 29.1 Å². The van der Waals surface area contributed by atoms with E-state index in [0.29, 0.717) is 11.1 Å². The van der Waals surface area contributed by atoms with Gasteiger partial charge in [-0.05, 0) is 16.7 Å². The van der Waals surface area contributed by atoms with Crippen LogP contribution in [0.25, 0.3) is 0 Å². The Morgan fingerprint density at radius 2 is 1.44 bits per heavy atom. The lowest BCUT2D eigenvalue weighted by molar-refractivity contribution is -0.150. The average molecular weight is 576 g/mol. The second-order valence-corrected chi connectivity index (χ2v) is 10.3. The minimum atomic E-state index is -1.66. The van der Waals surface area contributed by atoms with E-state index < -0.39 is 47.8 Å². The van der Waals surface area contributed by atoms with Crippen molar-refractivity contribution in [3.63, 3.8) is 0 Å². The highest BCUT2D eigenvalue weighted by Crippen LogP contribution is 2.26. The summed E-state index contributed by atoms with van der Waals surface area (Å²) < 4.78 is 5.33. The summed E-state index contributed by atoms with van der Waals surface area (Å²) in [5.41, 5.74) is 1.94. The van der Waals surface area contributed by atoms with Gasteiger partial charge in [0.25, 0.3) is 11.7 Å². The maximum atomic E-state index is 13.8. The van der Waals surface area contributed by atoms with Crippen molar-refractivity contribution in [2.24, 2.45) is 0 Å². The first-order valence-corrected chi connectivity index (χ1v) is 14.0. The molecule has 1 aliphatic heterocycles. The number of rotatable bonds is 11. The van der Waals surface area contributed by atoms with E-state index in [4.69, 9.17) is 4.74 Å². The van der Waals surface area contributed by atoms with Crippen LogP contribution in [0.5, 0.6) is 0 Å². The van der Waals surface area contributed by atoms with Crippen LogP contribution in [0.2, 0.25) is 0 Å². The average Bonchev–Trinajstić information content (AvgIpc) is 3.50. The molecular weight excluding hydrogens is 546 g/mol. The fourth-order valence-electron chi connectivity index (χ4n) is 4.33. The van der Waals surface area contributed by atoms with E-state index in [1.165, 1.54) is 16.7 Å². The van der Waals surface area contributed by atoms with Gasteiger partial charge in [0, 0.05) is 12.2 Å². The molecule has 3 amide bonds. The van der Waals surface area contributed by atoms with Gasteiger partial charge in [-0.2, -0.15) is 0 Å². The van der Waals surface area contributed by atoms with Crippen LogP contribution in [-0.2, 0) is 36.9 Å². The third-order valence-corrected chi connectivity index (χ3v) is 7.46. The lowest BCUT2D eigenvalue weighted by Gasteiger charge is -2.29. The highest BCUT2D eigenvalue weighted by Gasteiger charge is 2.40. The number of Topliss-reactive ketones (excluding diaryl/α,β-unsaturated/α-hetero) is 1. The highest BCUT2D eigenvalue weighted by molar-refractivity contribution is 7.99. The van der Waals surface area contributed by atoms with Gasteiger partial charge in [0.05, 0.1) is 5.88 Å². The number of carbonyl (C=O) groups excluding carboxylic acids is 4. The SMILES string of the molecule is O=C(N[C@H](C(=O)N1CSC[C@H]1C(=O)N[C@@H](Cc1ccccc1)C(=O)C(=O)O)c1ccccc1)OCc1ccccc1. The van der Waals surface area contributed by atoms with Gasteiger partial charge in [-0.3, -0.25) is 14.4 Å². The number of carboxylic acid groups (broad SMARTS) is 1. The van der Waals surface area contributed by atoms with Crippen LogP contribution in [-0.4, -0.2) is 63.4 Å². The molecule has 11 heteroatoms. The van der Waals surface area contributed by atoms with Gasteiger partial charge in [0.1, 0.15) is 24.7 Å². The lowest BCUT2D eigenvalue weighted by atomic mass is 10.0. The first kappa shape index (κ1) is 29.3. The molecule has 0 bridgehead atoms. The Balaban J connectivity index is 1.49. The number of carboxylic acids is 1. The van der Waals surface area contributed by atoms with E-state index in [-0.39, 0.29) is 24.7 Å². The fourth-order valence-corrected chi connectivity index (χ4v) is 5.50. The fraction of sp³-hybridized carbons (Fsp3) is 0.233. The number of carbonyl (C=O) groups is 5. The lowest BCUT2D eigenvalue weighted by Crippen LogP contribution is -2.55. The van der Waals surface area contributed by atoms with Crippen molar-refractivity contribution < 1.29 is 33.8 Å². The second kappa shape index (κ2) is 14.1. The van der Waals surface area contributed by atoms with Gasteiger partial charge in [-0.1, -0.05) is 91.0 Å². The van der Waals surface area contributed by atoms with Crippen molar-refractivity contribution in [2.75, 3.05) is 11.6 Å². The monoisotopic (exact) mass is 575 g/mol. The zero-order chi connectivity index (χ0) is 29.2. The summed E-state index contributed by atoms with van der Waals surface area (Å²) >= 11 is 1.33. The Morgan fingerprint density at radius 1 is 0.854 bits per heavy atom. The minimum Gasteiger partial charge on any atom is -0.475 e. The van der Waals surface area contributed by atoms with Gasteiger partial charge in [-0.25, -0.2) is 9.59 Å². The molecule has 0 aliphatic carbocycles. The molecule has 3 aromatic carbocycles. The topological polar surface area (TPSA) is 142 Å². The third-order valence-electron chi connectivity index (χ3n) is 6.45. The number of hydrogen-bond donors (Lipinski definition) is 3. The molecule has 0 spiro atoms. The largest absolute Gasteiger partial charge is 0.475 e. The molecule has 0 aromatic heterocycles. The van der Waals surface area contributed by atoms with E-state index >= 15 is 0 Å². The number of benzene rings is 3. The van der Waals surface area contributed by atoms with Crippen molar-refractivity contribution in [2.45, 2.75) is 31.2 Å². The number of nitrogens with zero attached hydrogens (tertiary/aromatic N) is 1. The molecular formula is C30H29N3O7S. The van der Waals surface area contributed by atoms with Crippen LogP contribution in [0.3, 0.4) is 0 Å². The van der Waals surface area contributed by atoms with Gasteiger partial charge < -0.3 is 25.4 Å². The first-order valence-electron chi connectivity index (χ1n) is 12.9. The Hall–Kier alpha value is -4.64. The van der Waals surface area contributed by atoms with E-state index in [1.807, 2.05) is 18.2 Å². The predicted octanol–water partition coefficient (Wildman–Crippen LogP) is 2.94. The van der Waals surface area contributed by atoms with E-state index in [1.54, 1.807) is 72.8 Å². The Morgan fingerprint density at radius 3 is 2.05 bits per heavy atom. The Labute approximate surface area is 241 Å². The van der Waals surface area contributed by atoms with Crippen LogP contribution in [0, 0.1) is 0 Å². The molecule has 41 heavy (non-hydrogen) atoms. The van der Waals surface area contributed by atoms with Crippen molar-refractivity contribution >= 4 is 41.4 Å². The van der Waals surface area contributed by atoms with Gasteiger partial charge in [0.15, 0.2) is 0 Å². The number of ketones is 1. The highest BCUT2D eigenvalue weighted by atomic mass is 32.2. The normalized spacial score (nSPS) is 15.8. The van der Waals surface area contributed by atoms with Crippen molar-refractivity contribution in [3.8, 4) is 0 Å². The molecule has 10 nitrogen and oxygen atoms in total. The van der Waals surface area contributed by atoms with Gasteiger partial charge in [-0.15, -0.1) is 11.8 Å². The molecule has 3 aromatic rings. The molecule has 0 saturated carbocycles. The van der Waals surface area contributed by atoms with E-state index in [0.717, 1.165) is 5.56 Å². The van der Waals surface area contributed by atoms with Crippen LogP contribution < -0.4 is 10.6 Å². The maximum absolute atomic E-state index is 13.8. The smallest absolute Gasteiger partial charge is 0.408 e. The molecule has 1 fully saturated rings. The molecule has 1 aliphatic rings. The quantitative estimate of drug-likeness (QED) is 0.296. The summed E-state index contributed by atoms with van der Waals surface area (Å²) in [6, 6.07) is 22.9. The van der Waals surface area contributed by atoms with Crippen molar-refractivity contribution in [1.29, 1.82) is 0 Å². The van der Waals surface area contributed by atoms with Gasteiger partial charge in [0.2, 0.25) is 5.91 Å². The zero-order valence-electron chi connectivity index (χ0n) is 22.0. The molecule has 1 heterocycles. The number of alkyl carbamates (subject to hydrolysis) is 1. The van der Waals surface area contributed by atoms with Crippen LogP contribution in [0.15, 0.2) is 91.0 Å². The Bertz CT molecular complexity index is 1370. The van der Waals surface area contributed by atoms with Crippen LogP contribution in [0.4, 0.5) is 4.79 Å². The number of nitrogens with one attached hydrogen (secondary N) is 2. The molecule has 4 rings (SSSR count). The van der Waals surface area contributed by atoms with Crippen LogP contribution in [0.1, 0.15) is 22.7 Å². The molecule has 0 unspecified atom stereocenters. The van der Waals surface area contributed by atoms with E-state index in [2.05, 4.69) is 10.6 Å². The summed E-state index contributed by atoms with van der Waals surface area (Å²) in [5.74, 6) is -3.62. The summed E-state index contributed by atoms with van der Waals surface area (Å²) in [6.45, 7) is 0.00732. The summed E-state index contributed by atoms with van der Waals surface area (Å²) in [6.07, 6.45) is -0.827.